The van der Waals surface area contributed by atoms with Gasteiger partial charge in [-0.25, -0.2) is 4.98 Å². The zero-order valence-corrected chi connectivity index (χ0v) is 17.6. The minimum absolute atomic E-state index is 0.0158. The fourth-order valence-electron chi connectivity index (χ4n) is 3.02. The molecule has 0 saturated heterocycles. The summed E-state index contributed by atoms with van der Waals surface area (Å²) < 4.78 is 1.47. The lowest BCUT2D eigenvalue weighted by Crippen LogP contribution is -2.27. The zero-order valence-electron chi connectivity index (χ0n) is 16.8. The molecule has 0 bridgehead atoms. The van der Waals surface area contributed by atoms with E-state index in [-0.39, 0.29) is 17.9 Å². The summed E-state index contributed by atoms with van der Waals surface area (Å²) in [6, 6.07) is 17.2. The molecule has 0 aliphatic heterocycles. The number of nitriles is 1. The van der Waals surface area contributed by atoms with Gasteiger partial charge in [-0.2, -0.15) is 5.26 Å². The van der Waals surface area contributed by atoms with Gasteiger partial charge in [0.15, 0.2) is 0 Å². The van der Waals surface area contributed by atoms with Crippen LogP contribution in [-0.2, 0) is 11.3 Å². The molecular weight excluding hydrogens is 398 g/mol. The van der Waals surface area contributed by atoms with Crippen LogP contribution in [-0.4, -0.2) is 32.1 Å². The molecule has 3 aromatic rings. The SMILES string of the molecule is Cc1ccc(-c2nc(-c3ccc(C)cc3)n(CCSCC(=O)O)c(=O)c2C#N)cc1. The lowest BCUT2D eigenvalue weighted by Gasteiger charge is -2.15. The molecule has 0 amide bonds. The molecule has 0 aliphatic rings. The summed E-state index contributed by atoms with van der Waals surface area (Å²) in [4.78, 5) is 28.7. The topological polar surface area (TPSA) is 96.0 Å². The lowest BCUT2D eigenvalue weighted by atomic mass is 10.0. The molecule has 7 heteroatoms. The van der Waals surface area contributed by atoms with Crippen LogP contribution in [0.1, 0.15) is 16.7 Å². The second kappa shape index (κ2) is 9.42. The standard InChI is InChI=1S/C23H21N3O3S/c1-15-3-7-17(8-4-15)21-19(13-24)23(29)26(11-12-30-14-20(27)28)22(25-21)18-9-5-16(2)6-10-18/h3-10H,11-12,14H2,1-2H3,(H,27,28). The van der Waals surface area contributed by atoms with Gasteiger partial charge in [0, 0.05) is 23.4 Å². The van der Waals surface area contributed by atoms with Crippen LogP contribution in [0.25, 0.3) is 22.6 Å². The number of benzene rings is 2. The van der Waals surface area contributed by atoms with E-state index in [0.29, 0.717) is 22.8 Å². The molecule has 30 heavy (non-hydrogen) atoms. The van der Waals surface area contributed by atoms with Crippen molar-refractivity contribution in [1.82, 2.24) is 9.55 Å². The number of carbonyl (C=O) groups is 1. The summed E-state index contributed by atoms with van der Waals surface area (Å²) in [5.41, 5.74) is 3.53. The molecule has 0 spiro atoms. The first-order chi connectivity index (χ1) is 14.4. The number of hydrogen-bond acceptors (Lipinski definition) is 5. The maximum absolute atomic E-state index is 13.2. The lowest BCUT2D eigenvalue weighted by molar-refractivity contribution is -0.133. The zero-order chi connectivity index (χ0) is 21.7. The third-order valence-electron chi connectivity index (χ3n) is 4.60. The smallest absolute Gasteiger partial charge is 0.313 e. The molecule has 0 radical (unpaired) electrons. The number of thioether (sulfide) groups is 1. The van der Waals surface area contributed by atoms with Gasteiger partial charge in [-0.15, -0.1) is 11.8 Å². The van der Waals surface area contributed by atoms with Crippen molar-refractivity contribution in [2.75, 3.05) is 11.5 Å². The Hall–Kier alpha value is -3.37. The van der Waals surface area contributed by atoms with Crippen molar-refractivity contribution in [3.8, 4) is 28.7 Å². The number of carboxylic acids is 1. The first-order valence-electron chi connectivity index (χ1n) is 9.39. The summed E-state index contributed by atoms with van der Waals surface area (Å²) in [5, 5.41) is 18.5. The third-order valence-corrected chi connectivity index (χ3v) is 5.52. The van der Waals surface area contributed by atoms with Crippen molar-refractivity contribution in [2.45, 2.75) is 20.4 Å². The van der Waals surface area contributed by atoms with Crippen LogP contribution in [0.3, 0.4) is 0 Å². The Morgan fingerprint density at radius 2 is 1.63 bits per heavy atom. The Morgan fingerprint density at radius 1 is 1.07 bits per heavy atom. The van der Waals surface area contributed by atoms with Crippen LogP contribution in [0.5, 0.6) is 0 Å². The summed E-state index contributed by atoms with van der Waals surface area (Å²) in [5.74, 6) is -0.0713. The maximum atomic E-state index is 13.2. The van der Waals surface area contributed by atoms with E-state index in [4.69, 9.17) is 10.1 Å². The van der Waals surface area contributed by atoms with Crippen molar-refractivity contribution >= 4 is 17.7 Å². The van der Waals surface area contributed by atoms with Crippen LogP contribution in [0.2, 0.25) is 0 Å². The van der Waals surface area contributed by atoms with Gasteiger partial charge in [-0.3, -0.25) is 14.2 Å². The van der Waals surface area contributed by atoms with E-state index in [1.54, 1.807) is 0 Å². The highest BCUT2D eigenvalue weighted by Crippen LogP contribution is 2.25. The molecule has 1 heterocycles. The average Bonchev–Trinajstić information content (AvgIpc) is 2.72. The Kier molecular flexibility index (Phi) is 6.70. The van der Waals surface area contributed by atoms with Crippen LogP contribution in [0.15, 0.2) is 53.3 Å². The summed E-state index contributed by atoms with van der Waals surface area (Å²) in [7, 11) is 0. The summed E-state index contributed by atoms with van der Waals surface area (Å²) in [6.45, 7) is 4.20. The predicted octanol–water partition coefficient (Wildman–Crippen LogP) is 3.88. The molecule has 0 fully saturated rings. The number of aryl methyl sites for hydroxylation is 2. The van der Waals surface area contributed by atoms with Gasteiger partial charge in [0.25, 0.3) is 5.56 Å². The van der Waals surface area contributed by atoms with E-state index in [0.717, 1.165) is 16.7 Å². The number of carboxylic acid groups (broad SMARTS) is 1. The Labute approximate surface area is 178 Å². The normalized spacial score (nSPS) is 10.6. The second-order valence-corrected chi connectivity index (χ2v) is 8.01. The van der Waals surface area contributed by atoms with Crippen molar-refractivity contribution in [3.63, 3.8) is 0 Å². The average molecular weight is 420 g/mol. The van der Waals surface area contributed by atoms with Crippen molar-refractivity contribution in [3.05, 3.63) is 75.6 Å². The van der Waals surface area contributed by atoms with Gasteiger partial charge in [0.2, 0.25) is 0 Å². The van der Waals surface area contributed by atoms with Crippen molar-refractivity contribution in [1.29, 1.82) is 5.26 Å². The Morgan fingerprint density at radius 3 is 2.17 bits per heavy atom. The van der Waals surface area contributed by atoms with E-state index in [1.807, 2.05) is 68.4 Å². The van der Waals surface area contributed by atoms with E-state index < -0.39 is 11.5 Å². The third kappa shape index (κ3) is 4.78. The summed E-state index contributed by atoms with van der Waals surface area (Å²) in [6.07, 6.45) is 0. The van der Waals surface area contributed by atoms with Gasteiger partial charge in [0.1, 0.15) is 17.5 Å². The molecule has 0 atom stereocenters. The van der Waals surface area contributed by atoms with Crippen LogP contribution in [0.4, 0.5) is 0 Å². The fraction of sp³-hybridized carbons (Fsp3) is 0.217. The molecule has 6 nitrogen and oxygen atoms in total. The second-order valence-electron chi connectivity index (χ2n) is 6.91. The molecule has 1 N–H and O–H groups in total. The minimum Gasteiger partial charge on any atom is -0.481 e. The van der Waals surface area contributed by atoms with Crippen LogP contribution < -0.4 is 5.56 Å². The molecule has 152 valence electrons. The molecule has 0 saturated carbocycles. The Bertz CT molecular complexity index is 1160. The Balaban J connectivity index is 2.15. The highest BCUT2D eigenvalue weighted by Gasteiger charge is 2.19. The van der Waals surface area contributed by atoms with E-state index in [2.05, 4.69) is 0 Å². The number of aliphatic carboxylic acids is 1. The first kappa shape index (κ1) is 21.3. The minimum atomic E-state index is -0.906. The maximum Gasteiger partial charge on any atom is 0.313 e. The number of nitrogens with zero attached hydrogens (tertiary/aromatic N) is 3. The number of aromatic nitrogens is 2. The number of rotatable bonds is 7. The van der Waals surface area contributed by atoms with E-state index in [9.17, 15) is 14.9 Å². The molecule has 2 aromatic carbocycles. The quantitative estimate of drug-likeness (QED) is 0.584. The van der Waals surface area contributed by atoms with Crippen LogP contribution >= 0.6 is 11.8 Å². The van der Waals surface area contributed by atoms with E-state index >= 15 is 0 Å². The molecular formula is C23H21N3O3S. The molecule has 1 aromatic heterocycles. The van der Waals surface area contributed by atoms with Gasteiger partial charge in [-0.1, -0.05) is 59.7 Å². The first-order valence-corrected chi connectivity index (χ1v) is 10.5. The largest absolute Gasteiger partial charge is 0.481 e. The van der Waals surface area contributed by atoms with E-state index in [1.165, 1.54) is 16.3 Å². The highest BCUT2D eigenvalue weighted by atomic mass is 32.2. The van der Waals surface area contributed by atoms with Gasteiger partial charge in [-0.05, 0) is 13.8 Å². The van der Waals surface area contributed by atoms with Gasteiger partial charge in [0.05, 0.1) is 11.4 Å². The van der Waals surface area contributed by atoms with Gasteiger partial charge < -0.3 is 5.11 Å². The highest BCUT2D eigenvalue weighted by molar-refractivity contribution is 7.99. The molecule has 0 unspecified atom stereocenters. The monoisotopic (exact) mass is 419 g/mol. The van der Waals surface area contributed by atoms with Gasteiger partial charge >= 0.3 is 5.97 Å². The summed E-state index contributed by atoms with van der Waals surface area (Å²) >= 11 is 1.22. The molecule has 0 aliphatic carbocycles. The van der Waals surface area contributed by atoms with Crippen LogP contribution in [0, 0.1) is 25.2 Å². The van der Waals surface area contributed by atoms with Crippen molar-refractivity contribution in [2.24, 2.45) is 0 Å². The predicted molar refractivity (Wildman–Crippen MR) is 119 cm³/mol. The van der Waals surface area contributed by atoms with Crippen molar-refractivity contribution < 1.29 is 9.90 Å². The fourth-order valence-corrected chi connectivity index (χ4v) is 3.65. The number of hydrogen-bond donors (Lipinski definition) is 1. The molecule has 3 rings (SSSR count).